The number of nitrogens with zero attached hydrogens (tertiary/aromatic N) is 1. The zero-order valence-corrected chi connectivity index (χ0v) is 13.0. The molecule has 4 heteroatoms. The monoisotopic (exact) mass is 315 g/mol. The molecule has 102 valence electrons. The highest BCUT2D eigenvalue weighted by atomic mass is 79.9. The van der Waals surface area contributed by atoms with Gasteiger partial charge in [0.2, 0.25) is 0 Å². The topological polar surface area (TPSA) is 21.7 Å². The van der Waals surface area contributed by atoms with E-state index in [9.17, 15) is 0 Å². The van der Waals surface area contributed by atoms with E-state index >= 15 is 0 Å². The minimum absolute atomic E-state index is 0.726. The van der Waals surface area contributed by atoms with Crippen LogP contribution in [0.15, 0.2) is 18.2 Å². The number of methoxy groups -OCH3 is 2. The summed E-state index contributed by atoms with van der Waals surface area (Å²) in [7, 11) is 3.46. The lowest BCUT2D eigenvalue weighted by Crippen LogP contribution is -2.31. The second kappa shape index (κ2) is 8.51. The van der Waals surface area contributed by atoms with Crippen molar-refractivity contribution in [3.05, 3.63) is 29.3 Å². The number of alkyl halides is 1. The van der Waals surface area contributed by atoms with E-state index < -0.39 is 0 Å². The third-order valence-electron chi connectivity index (χ3n) is 2.89. The number of hydrogen-bond donors (Lipinski definition) is 0. The van der Waals surface area contributed by atoms with E-state index in [2.05, 4.69) is 46.0 Å². The average molecular weight is 316 g/mol. The number of ether oxygens (including phenoxy) is 2. The number of rotatable bonds is 8. The van der Waals surface area contributed by atoms with Crippen molar-refractivity contribution in [1.82, 2.24) is 0 Å². The van der Waals surface area contributed by atoms with Gasteiger partial charge in [0.1, 0.15) is 0 Å². The zero-order valence-electron chi connectivity index (χ0n) is 11.4. The molecule has 0 aliphatic heterocycles. The van der Waals surface area contributed by atoms with Gasteiger partial charge < -0.3 is 14.4 Å². The highest BCUT2D eigenvalue weighted by Crippen LogP contribution is 2.22. The van der Waals surface area contributed by atoms with Gasteiger partial charge in [-0.15, -0.1) is 0 Å². The van der Waals surface area contributed by atoms with Gasteiger partial charge in [-0.25, -0.2) is 0 Å². The van der Waals surface area contributed by atoms with Crippen molar-refractivity contribution in [1.29, 1.82) is 0 Å². The van der Waals surface area contributed by atoms with E-state index in [1.807, 2.05) is 0 Å². The second-order valence-corrected chi connectivity index (χ2v) is 4.79. The fourth-order valence-electron chi connectivity index (χ4n) is 1.91. The molecule has 18 heavy (non-hydrogen) atoms. The zero-order chi connectivity index (χ0) is 13.4. The van der Waals surface area contributed by atoms with E-state index in [1.54, 1.807) is 14.2 Å². The van der Waals surface area contributed by atoms with Crippen LogP contribution >= 0.6 is 15.9 Å². The SMILES string of the molecule is COCCN(CCOC)c1ccc(CBr)cc1C. The van der Waals surface area contributed by atoms with Crippen LogP contribution < -0.4 is 4.90 Å². The average Bonchev–Trinajstić information content (AvgIpc) is 2.39. The molecule has 1 rings (SSSR count). The summed E-state index contributed by atoms with van der Waals surface area (Å²) < 4.78 is 10.3. The third kappa shape index (κ3) is 4.59. The summed E-state index contributed by atoms with van der Waals surface area (Å²) in [6.07, 6.45) is 0. The number of anilines is 1. The summed E-state index contributed by atoms with van der Waals surface area (Å²) in [5, 5.41) is 0.893. The third-order valence-corrected chi connectivity index (χ3v) is 3.53. The molecule has 0 amide bonds. The van der Waals surface area contributed by atoms with Crippen molar-refractivity contribution in [3.63, 3.8) is 0 Å². The van der Waals surface area contributed by atoms with Gasteiger partial charge >= 0.3 is 0 Å². The first-order valence-electron chi connectivity index (χ1n) is 6.11. The summed E-state index contributed by atoms with van der Waals surface area (Å²) in [6.45, 7) is 5.36. The van der Waals surface area contributed by atoms with Crippen LogP contribution in [0.4, 0.5) is 5.69 Å². The molecule has 0 unspecified atom stereocenters. The molecule has 0 atom stereocenters. The maximum atomic E-state index is 5.17. The van der Waals surface area contributed by atoms with Gasteiger partial charge in [0, 0.05) is 38.3 Å². The molecule has 1 aromatic carbocycles. The normalized spacial score (nSPS) is 10.7. The van der Waals surface area contributed by atoms with Crippen molar-refractivity contribution in [2.45, 2.75) is 12.3 Å². The van der Waals surface area contributed by atoms with Crippen LogP contribution in [-0.4, -0.2) is 40.5 Å². The van der Waals surface area contributed by atoms with Crippen LogP contribution in [0.2, 0.25) is 0 Å². The highest BCUT2D eigenvalue weighted by molar-refractivity contribution is 9.08. The molecule has 3 nitrogen and oxygen atoms in total. The minimum Gasteiger partial charge on any atom is -0.383 e. The first kappa shape index (κ1) is 15.5. The van der Waals surface area contributed by atoms with E-state index in [-0.39, 0.29) is 0 Å². The van der Waals surface area contributed by atoms with Crippen molar-refractivity contribution in [3.8, 4) is 0 Å². The number of hydrogen-bond acceptors (Lipinski definition) is 3. The summed E-state index contributed by atoms with van der Waals surface area (Å²) in [5.74, 6) is 0. The molecule has 0 aliphatic carbocycles. The molecule has 0 radical (unpaired) electrons. The predicted octanol–water partition coefficient (Wildman–Crippen LogP) is 2.99. The fourth-order valence-corrected chi connectivity index (χ4v) is 2.26. The van der Waals surface area contributed by atoms with Crippen LogP contribution in [0.25, 0.3) is 0 Å². The molecule has 0 spiro atoms. The Morgan fingerprint density at radius 2 is 1.72 bits per heavy atom. The Balaban J connectivity index is 2.82. The minimum atomic E-state index is 0.726. The lowest BCUT2D eigenvalue weighted by molar-refractivity contribution is 0.190. The Kier molecular flexibility index (Phi) is 7.32. The molecule has 0 heterocycles. The smallest absolute Gasteiger partial charge is 0.0637 e. The van der Waals surface area contributed by atoms with Gasteiger partial charge in [0.15, 0.2) is 0 Å². The van der Waals surface area contributed by atoms with Crippen LogP contribution in [0.1, 0.15) is 11.1 Å². The van der Waals surface area contributed by atoms with Crippen molar-refractivity contribution < 1.29 is 9.47 Å². The standard InChI is InChI=1S/C14H22BrNO2/c1-12-10-13(11-15)4-5-14(12)16(6-8-17-2)7-9-18-3/h4-5,10H,6-9,11H2,1-3H3. The molecule has 0 aromatic heterocycles. The van der Waals surface area contributed by atoms with Gasteiger partial charge in [0.05, 0.1) is 13.2 Å². The molecule has 1 aromatic rings. The highest BCUT2D eigenvalue weighted by Gasteiger charge is 2.09. The Morgan fingerprint density at radius 3 is 2.17 bits per heavy atom. The van der Waals surface area contributed by atoms with Gasteiger partial charge in [-0.1, -0.05) is 28.1 Å². The van der Waals surface area contributed by atoms with E-state index in [0.29, 0.717) is 0 Å². The molecular weight excluding hydrogens is 294 g/mol. The lowest BCUT2D eigenvalue weighted by Gasteiger charge is -2.26. The molecule has 0 saturated heterocycles. The maximum absolute atomic E-state index is 5.17. The molecule has 0 bridgehead atoms. The van der Waals surface area contributed by atoms with Gasteiger partial charge in [-0.05, 0) is 24.1 Å². The predicted molar refractivity (Wildman–Crippen MR) is 79.8 cm³/mol. The van der Waals surface area contributed by atoms with Crippen LogP contribution in [0.3, 0.4) is 0 Å². The van der Waals surface area contributed by atoms with Crippen LogP contribution in [0, 0.1) is 6.92 Å². The van der Waals surface area contributed by atoms with Gasteiger partial charge in [-0.2, -0.15) is 0 Å². The van der Waals surface area contributed by atoms with Crippen molar-refractivity contribution in [2.24, 2.45) is 0 Å². The van der Waals surface area contributed by atoms with E-state index in [0.717, 1.165) is 31.6 Å². The Morgan fingerprint density at radius 1 is 1.11 bits per heavy atom. The molecule has 0 aliphatic rings. The Bertz CT molecular complexity index is 350. The van der Waals surface area contributed by atoms with E-state index in [1.165, 1.54) is 16.8 Å². The first-order valence-corrected chi connectivity index (χ1v) is 7.23. The number of aryl methyl sites for hydroxylation is 1. The van der Waals surface area contributed by atoms with Crippen molar-refractivity contribution >= 4 is 21.6 Å². The summed E-state index contributed by atoms with van der Waals surface area (Å²) in [6, 6.07) is 6.55. The summed E-state index contributed by atoms with van der Waals surface area (Å²) in [4.78, 5) is 2.31. The second-order valence-electron chi connectivity index (χ2n) is 4.23. The fraction of sp³-hybridized carbons (Fsp3) is 0.571. The quantitative estimate of drug-likeness (QED) is 0.688. The Hall–Kier alpha value is -0.580. The molecule has 0 saturated carbocycles. The van der Waals surface area contributed by atoms with Gasteiger partial charge in [0.25, 0.3) is 0 Å². The molecule has 0 N–H and O–H groups in total. The number of benzene rings is 1. The van der Waals surface area contributed by atoms with E-state index in [4.69, 9.17) is 9.47 Å². The number of halogens is 1. The first-order chi connectivity index (χ1) is 8.72. The Labute approximate surface area is 118 Å². The lowest BCUT2D eigenvalue weighted by atomic mass is 10.1. The maximum Gasteiger partial charge on any atom is 0.0637 e. The van der Waals surface area contributed by atoms with Gasteiger partial charge in [-0.3, -0.25) is 0 Å². The van der Waals surface area contributed by atoms with Crippen LogP contribution in [0.5, 0.6) is 0 Å². The summed E-state index contributed by atoms with van der Waals surface area (Å²) in [5.41, 5.74) is 3.85. The largest absolute Gasteiger partial charge is 0.383 e. The molecular formula is C14H22BrNO2. The van der Waals surface area contributed by atoms with Crippen LogP contribution in [-0.2, 0) is 14.8 Å². The van der Waals surface area contributed by atoms with Crippen molar-refractivity contribution in [2.75, 3.05) is 45.4 Å². The summed E-state index contributed by atoms with van der Waals surface area (Å²) >= 11 is 3.48. The molecule has 0 fully saturated rings.